The van der Waals surface area contributed by atoms with Gasteiger partial charge >= 0.3 is 0 Å². The lowest BCUT2D eigenvalue weighted by Crippen LogP contribution is -2.31. The number of aryl methyl sites for hydroxylation is 2. The Bertz CT molecular complexity index is 1020. The molecule has 3 rings (SSSR count). The van der Waals surface area contributed by atoms with Crippen molar-refractivity contribution in [2.75, 3.05) is 32.5 Å². The van der Waals surface area contributed by atoms with Gasteiger partial charge in [-0.05, 0) is 51.7 Å². The van der Waals surface area contributed by atoms with Crippen LogP contribution in [-0.4, -0.2) is 53.3 Å². The molecule has 7 nitrogen and oxygen atoms in total. The average molecular weight is 379 g/mol. The van der Waals surface area contributed by atoms with Crippen molar-refractivity contribution >= 4 is 23.0 Å². The van der Waals surface area contributed by atoms with Crippen molar-refractivity contribution in [2.24, 2.45) is 0 Å². The molecule has 1 aromatic carbocycles. The van der Waals surface area contributed by atoms with Crippen LogP contribution in [0.15, 0.2) is 42.6 Å². The molecule has 0 radical (unpaired) electrons. The summed E-state index contributed by atoms with van der Waals surface area (Å²) in [6, 6.07) is 11.2. The van der Waals surface area contributed by atoms with Crippen molar-refractivity contribution in [3.8, 4) is 0 Å². The number of aromatic nitrogens is 2. The molecule has 3 aromatic rings. The minimum absolute atomic E-state index is 0.174. The summed E-state index contributed by atoms with van der Waals surface area (Å²) in [6.45, 7) is 5.16. The van der Waals surface area contributed by atoms with Crippen LogP contribution in [0.3, 0.4) is 0 Å². The second-order valence-electron chi connectivity index (χ2n) is 7.07. The largest absolute Gasteiger partial charge is 0.349 e. The lowest BCUT2D eigenvalue weighted by atomic mass is 10.1. The van der Waals surface area contributed by atoms with E-state index in [1.165, 1.54) is 0 Å². The second kappa shape index (κ2) is 8.22. The molecule has 0 bridgehead atoms. The Morgan fingerprint density at radius 3 is 2.61 bits per heavy atom. The third-order valence-corrected chi connectivity index (χ3v) is 4.44. The molecule has 0 spiro atoms. The van der Waals surface area contributed by atoms with Gasteiger partial charge in [0.05, 0.1) is 5.52 Å². The van der Waals surface area contributed by atoms with Crippen molar-refractivity contribution in [1.82, 2.24) is 19.6 Å². The Balaban J connectivity index is 1.89. The minimum atomic E-state index is -0.361. The fraction of sp³-hybridized carbons (Fsp3) is 0.286. The number of anilines is 1. The van der Waals surface area contributed by atoms with E-state index < -0.39 is 0 Å². The first kappa shape index (κ1) is 19.6. The Morgan fingerprint density at radius 1 is 1.11 bits per heavy atom. The third kappa shape index (κ3) is 4.20. The van der Waals surface area contributed by atoms with E-state index in [1.807, 2.05) is 57.1 Å². The van der Waals surface area contributed by atoms with Gasteiger partial charge in [0, 0.05) is 25.0 Å². The van der Waals surface area contributed by atoms with Gasteiger partial charge < -0.3 is 15.5 Å². The van der Waals surface area contributed by atoms with Crippen LogP contribution in [0, 0.1) is 13.8 Å². The summed E-state index contributed by atoms with van der Waals surface area (Å²) in [6.07, 6.45) is 1.73. The molecule has 2 aromatic heterocycles. The fourth-order valence-corrected chi connectivity index (χ4v) is 2.97. The van der Waals surface area contributed by atoms with Gasteiger partial charge in [0.25, 0.3) is 11.8 Å². The Kier molecular flexibility index (Phi) is 5.75. The van der Waals surface area contributed by atoms with Crippen LogP contribution in [-0.2, 0) is 0 Å². The van der Waals surface area contributed by atoms with E-state index >= 15 is 0 Å². The van der Waals surface area contributed by atoms with E-state index in [9.17, 15) is 9.59 Å². The molecule has 0 aliphatic carbocycles. The SMILES string of the molecule is Cc1ccc(NC(=O)c2nc(C(=O)NCCN(C)C)c3ccccn23)c(C)c1. The van der Waals surface area contributed by atoms with Crippen molar-refractivity contribution < 1.29 is 9.59 Å². The highest BCUT2D eigenvalue weighted by molar-refractivity contribution is 6.06. The van der Waals surface area contributed by atoms with Crippen LogP contribution in [0.4, 0.5) is 5.69 Å². The van der Waals surface area contributed by atoms with Gasteiger partial charge in [0.15, 0.2) is 5.69 Å². The number of pyridine rings is 1. The van der Waals surface area contributed by atoms with E-state index in [-0.39, 0.29) is 23.3 Å². The highest BCUT2D eigenvalue weighted by atomic mass is 16.2. The number of hydrogen-bond donors (Lipinski definition) is 2. The minimum Gasteiger partial charge on any atom is -0.349 e. The number of imidazole rings is 1. The summed E-state index contributed by atoms with van der Waals surface area (Å²) in [4.78, 5) is 31.8. The van der Waals surface area contributed by atoms with Gasteiger partial charge in [0.1, 0.15) is 0 Å². The second-order valence-corrected chi connectivity index (χ2v) is 7.07. The molecule has 0 aliphatic heterocycles. The van der Waals surface area contributed by atoms with Crippen LogP contribution >= 0.6 is 0 Å². The smallest absolute Gasteiger partial charge is 0.292 e. The molecule has 2 N–H and O–H groups in total. The summed E-state index contributed by atoms with van der Waals surface area (Å²) >= 11 is 0. The number of hydrogen-bond acceptors (Lipinski definition) is 4. The maximum Gasteiger partial charge on any atom is 0.292 e. The fourth-order valence-electron chi connectivity index (χ4n) is 2.97. The Hall–Kier alpha value is -3.19. The normalized spacial score (nSPS) is 11.0. The monoisotopic (exact) mass is 379 g/mol. The molecule has 0 fully saturated rings. The van der Waals surface area contributed by atoms with E-state index in [2.05, 4.69) is 15.6 Å². The predicted octanol–water partition coefficient (Wildman–Crippen LogP) is 2.49. The number of nitrogens with zero attached hydrogens (tertiary/aromatic N) is 3. The first-order valence-corrected chi connectivity index (χ1v) is 9.15. The summed E-state index contributed by atoms with van der Waals surface area (Å²) in [5.74, 6) is -0.482. The quantitative estimate of drug-likeness (QED) is 0.690. The molecule has 2 amide bonds. The molecule has 2 heterocycles. The van der Waals surface area contributed by atoms with Gasteiger partial charge in [-0.2, -0.15) is 0 Å². The molecular formula is C21H25N5O2. The number of benzene rings is 1. The van der Waals surface area contributed by atoms with Gasteiger partial charge in [-0.1, -0.05) is 23.8 Å². The lowest BCUT2D eigenvalue weighted by Gasteiger charge is -2.09. The number of carbonyl (C=O) groups excluding carboxylic acids is 2. The van der Waals surface area contributed by atoms with Gasteiger partial charge in [0.2, 0.25) is 5.82 Å². The first-order chi connectivity index (χ1) is 13.4. The number of fused-ring (bicyclic) bond motifs is 1. The maximum absolute atomic E-state index is 12.9. The number of carbonyl (C=O) groups is 2. The van der Waals surface area contributed by atoms with Crippen LogP contribution < -0.4 is 10.6 Å². The summed E-state index contributed by atoms with van der Waals surface area (Å²) < 4.78 is 1.64. The summed E-state index contributed by atoms with van der Waals surface area (Å²) in [5, 5.41) is 5.75. The third-order valence-electron chi connectivity index (χ3n) is 4.44. The van der Waals surface area contributed by atoms with E-state index in [0.717, 1.165) is 23.4 Å². The molecule has 0 saturated heterocycles. The highest BCUT2D eigenvalue weighted by Gasteiger charge is 2.21. The number of likely N-dealkylation sites (N-methyl/N-ethyl adjacent to an activating group) is 1. The summed E-state index contributed by atoms with van der Waals surface area (Å²) in [5.41, 5.74) is 3.65. The molecule has 0 saturated carbocycles. The van der Waals surface area contributed by atoms with Crippen molar-refractivity contribution in [1.29, 1.82) is 0 Å². The van der Waals surface area contributed by atoms with Crippen molar-refractivity contribution in [3.63, 3.8) is 0 Å². The number of nitrogens with one attached hydrogen (secondary N) is 2. The molecule has 0 atom stereocenters. The van der Waals surface area contributed by atoms with E-state index in [4.69, 9.17) is 0 Å². The van der Waals surface area contributed by atoms with Crippen LogP contribution in [0.5, 0.6) is 0 Å². The lowest BCUT2D eigenvalue weighted by molar-refractivity contribution is 0.0948. The van der Waals surface area contributed by atoms with E-state index in [1.54, 1.807) is 22.7 Å². The van der Waals surface area contributed by atoms with E-state index in [0.29, 0.717) is 12.1 Å². The average Bonchev–Trinajstić information content (AvgIpc) is 3.03. The topological polar surface area (TPSA) is 78.7 Å². The van der Waals surface area contributed by atoms with Crippen LogP contribution in [0.1, 0.15) is 32.2 Å². The summed E-state index contributed by atoms with van der Waals surface area (Å²) in [7, 11) is 3.88. The predicted molar refractivity (Wildman–Crippen MR) is 110 cm³/mol. The number of amides is 2. The Labute approximate surface area is 164 Å². The van der Waals surface area contributed by atoms with Crippen molar-refractivity contribution in [2.45, 2.75) is 13.8 Å². The molecule has 0 unspecified atom stereocenters. The molecule has 0 aliphatic rings. The Morgan fingerprint density at radius 2 is 1.89 bits per heavy atom. The zero-order chi connectivity index (χ0) is 20.3. The highest BCUT2D eigenvalue weighted by Crippen LogP contribution is 2.19. The van der Waals surface area contributed by atoms with Gasteiger partial charge in [-0.3, -0.25) is 14.0 Å². The van der Waals surface area contributed by atoms with Gasteiger partial charge in [-0.15, -0.1) is 0 Å². The standard InChI is InChI=1S/C21H25N5O2/c1-14-8-9-16(15(2)13-14)23-21(28)19-24-18(17-7-5-6-11-26(17)19)20(27)22-10-12-25(3)4/h5-9,11,13H,10,12H2,1-4H3,(H,22,27)(H,23,28). The molecular weight excluding hydrogens is 354 g/mol. The maximum atomic E-state index is 12.9. The molecule has 146 valence electrons. The molecule has 28 heavy (non-hydrogen) atoms. The molecule has 7 heteroatoms. The van der Waals surface area contributed by atoms with Gasteiger partial charge in [-0.25, -0.2) is 4.98 Å². The zero-order valence-corrected chi connectivity index (χ0v) is 16.6. The van der Waals surface area contributed by atoms with Crippen LogP contribution in [0.2, 0.25) is 0 Å². The van der Waals surface area contributed by atoms with Crippen LogP contribution in [0.25, 0.3) is 5.52 Å². The number of rotatable bonds is 6. The van der Waals surface area contributed by atoms with Crippen molar-refractivity contribution in [3.05, 3.63) is 65.2 Å². The zero-order valence-electron chi connectivity index (χ0n) is 16.6. The first-order valence-electron chi connectivity index (χ1n) is 9.15.